The highest BCUT2D eigenvalue weighted by molar-refractivity contribution is 7.90. The molecular weight excluding hydrogens is 206 g/mol. The lowest BCUT2D eigenvalue weighted by atomic mass is 10.1. The van der Waals surface area contributed by atoms with Crippen molar-refractivity contribution >= 4 is 21.2 Å². The van der Waals surface area contributed by atoms with Crippen LogP contribution in [0.15, 0.2) is 17.5 Å². The predicted octanol–water partition coefficient (Wildman–Crippen LogP) is 0.835. The fourth-order valence-corrected chi connectivity index (χ4v) is 3.15. The van der Waals surface area contributed by atoms with Crippen LogP contribution in [0, 0.1) is 0 Å². The van der Waals surface area contributed by atoms with E-state index in [4.69, 9.17) is 5.73 Å². The zero-order valence-electron chi connectivity index (χ0n) is 7.43. The number of hydrogen-bond acceptors (Lipinski definition) is 4. The van der Waals surface area contributed by atoms with Crippen molar-refractivity contribution in [1.82, 2.24) is 0 Å². The fourth-order valence-electron chi connectivity index (χ4n) is 1.16. The van der Waals surface area contributed by atoms with Gasteiger partial charge < -0.3 is 5.73 Å². The van der Waals surface area contributed by atoms with Crippen molar-refractivity contribution in [2.24, 2.45) is 5.73 Å². The molecule has 1 unspecified atom stereocenters. The summed E-state index contributed by atoms with van der Waals surface area (Å²) in [6.07, 6.45) is 1.24. The standard InChI is InChI=1S/C8H13NO2S2/c1-13(10,11)6-7(5-9)8-3-2-4-12-8/h2-4,7H,5-6,9H2,1H3. The van der Waals surface area contributed by atoms with Gasteiger partial charge in [-0.2, -0.15) is 0 Å². The van der Waals surface area contributed by atoms with Crippen molar-refractivity contribution in [1.29, 1.82) is 0 Å². The van der Waals surface area contributed by atoms with Crippen molar-refractivity contribution in [2.45, 2.75) is 5.92 Å². The number of rotatable bonds is 4. The molecule has 1 atom stereocenters. The molecule has 0 saturated heterocycles. The van der Waals surface area contributed by atoms with E-state index in [9.17, 15) is 8.42 Å². The summed E-state index contributed by atoms with van der Waals surface area (Å²) >= 11 is 1.55. The van der Waals surface area contributed by atoms with E-state index < -0.39 is 9.84 Å². The SMILES string of the molecule is CS(=O)(=O)CC(CN)c1cccs1. The van der Waals surface area contributed by atoms with Crippen molar-refractivity contribution in [2.75, 3.05) is 18.6 Å². The molecule has 0 amide bonds. The van der Waals surface area contributed by atoms with Gasteiger partial charge in [-0.1, -0.05) is 6.07 Å². The first-order chi connectivity index (χ1) is 6.03. The average Bonchev–Trinajstić information content (AvgIpc) is 2.50. The molecular formula is C8H13NO2S2. The van der Waals surface area contributed by atoms with Crippen LogP contribution in [-0.4, -0.2) is 27.0 Å². The average molecular weight is 219 g/mol. The third-order valence-electron chi connectivity index (χ3n) is 1.73. The van der Waals surface area contributed by atoms with Gasteiger partial charge in [0.15, 0.2) is 0 Å². The molecule has 0 spiro atoms. The minimum Gasteiger partial charge on any atom is -0.330 e. The Labute approximate surface area is 82.5 Å². The molecule has 0 aliphatic heterocycles. The second kappa shape index (κ2) is 4.21. The molecule has 0 aliphatic carbocycles. The molecule has 3 nitrogen and oxygen atoms in total. The first-order valence-electron chi connectivity index (χ1n) is 3.94. The van der Waals surface area contributed by atoms with Crippen LogP contribution in [0.25, 0.3) is 0 Å². The summed E-state index contributed by atoms with van der Waals surface area (Å²) in [4.78, 5) is 1.05. The molecule has 0 saturated carbocycles. The Bertz CT molecular complexity index is 342. The molecule has 13 heavy (non-hydrogen) atoms. The summed E-state index contributed by atoms with van der Waals surface area (Å²) in [5.74, 6) is 0.0966. The zero-order valence-corrected chi connectivity index (χ0v) is 9.07. The lowest BCUT2D eigenvalue weighted by Gasteiger charge is -2.10. The first kappa shape index (κ1) is 10.7. The van der Waals surface area contributed by atoms with Crippen LogP contribution in [0.4, 0.5) is 0 Å². The largest absolute Gasteiger partial charge is 0.330 e. The minimum atomic E-state index is -2.93. The second-order valence-corrected chi connectivity index (χ2v) is 6.20. The fraction of sp³-hybridized carbons (Fsp3) is 0.500. The highest BCUT2D eigenvalue weighted by atomic mass is 32.2. The molecule has 1 aromatic heterocycles. The molecule has 5 heteroatoms. The summed E-state index contributed by atoms with van der Waals surface area (Å²) in [6, 6.07) is 3.83. The third-order valence-corrected chi connectivity index (χ3v) is 3.78. The molecule has 1 aromatic rings. The van der Waals surface area contributed by atoms with Gasteiger partial charge in [0.2, 0.25) is 0 Å². The normalized spacial score (nSPS) is 14.3. The Morgan fingerprint density at radius 3 is 2.69 bits per heavy atom. The summed E-state index contributed by atoms with van der Waals surface area (Å²) in [5, 5.41) is 1.93. The van der Waals surface area contributed by atoms with E-state index in [-0.39, 0.29) is 11.7 Å². The van der Waals surface area contributed by atoms with Gasteiger partial charge in [0.05, 0.1) is 5.75 Å². The van der Waals surface area contributed by atoms with Crippen LogP contribution in [0.5, 0.6) is 0 Å². The van der Waals surface area contributed by atoms with Gasteiger partial charge in [-0.15, -0.1) is 11.3 Å². The Morgan fingerprint density at radius 2 is 2.31 bits per heavy atom. The lowest BCUT2D eigenvalue weighted by Crippen LogP contribution is -2.20. The van der Waals surface area contributed by atoms with Crippen molar-refractivity contribution in [3.8, 4) is 0 Å². The van der Waals surface area contributed by atoms with E-state index in [0.29, 0.717) is 6.54 Å². The van der Waals surface area contributed by atoms with E-state index >= 15 is 0 Å². The maximum atomic E-state index is 11.0. The van der Waals surface area contributed by atoms with E-state index in [1.165, 1.54) is 6.26 Å². The van der Waals surface area contributed by atoms with Gasteiger partial charge in [-0.05, 0) is 11.4 Å². The van der Waals surface area contributed by atoms with E-state index in [1.54, 1.807) is 11.3 Å². The first-order valence-corrected chi connectivity index (χ1v) is 6.88. The molecule has 1 heterocycles. The Balaban J connectivity index is 2.76. The number of sulfone groups is 1. The highest BCUT2D eigenvalue weighted by Crippen LogP contribution is 2.21. The van der Waals surface area contributed by atoms with E-state index in [0.717, 1.165) is 4.88 Å². The smallest absolute Gasteiger partial charge is 0.148 e. The Morgan fingerprint density at radius 1 is 1.62 bits per heavy atom. The molecule has 0 aliphatic rings. The minimum absolute atomic E-state index is 0.0463. The molecule has 74 valence electrons. The summed E-state index contributed by atoms with van der Waals surface area (Å²) in [7, 11) is -2.93. The molecule has 0 aromatic carbocycles. The highest BCUT2D eigenvalue weighted by Gasteiger charge is 2.16. The van der Waals surface area contributed by atoms with Crippen molar-refractivity contribution in [3.63, 3.8) is 0 Å². The zero-order chi connectivity index (χ0) is 9.90. The predicted molar refractivity (Wildman–Crippen MR) is 55.8 cm³/mol. The monoisotopic (exact) mass is 219 g/mol. The molecule has 2 N–H and O–H groups in total. The van der Waals surface area contributed by atoms with Crippen LogP contribution in [0.2, 0.25) is 0 Å². The van der Waals surface area contributed by atoms with Gasteiger partial charge in [0, 0.05) is 23.6 Å². The maximum Gasteiger partial charge on any atom is 0.148 e. The Hall–Kier alpha value is -0.390. The van der Waals surface area contributed by atoms with E-state index in [2.05, 4.69) is 0 Å². The topological polar surface area (TPSA) is 60.2 Å². The van der Waals surface area contributed by atoms with Crippen LogP contribution >= 0.6 is 11.3 Å². The van der Waals surface area contributed by atoms with Gasteiger partial charge >= 0.3 is 0 Å². The maximum absolute atomic E-state index is 11.0. The summed E-state index contributed by atoms with van der Waals surface area (Å²) < 4.78 is 22.1. The molecule has 1 rings (SSSR count). The number of nitrogens with two attached hydrogens (primary N) is 1. The quantitative estimate of drug-likeness (QED) is 0.816. The number of hydrogen-bond donors (Lipinski definition) is 1. The van der Waals surface area contributed by atoms with Crippen molar-refractivity contribution in [3.05, 3.63) is 22.4 Å². The van der Waals surface area contributed by atoms with Crippen LogP contribution in [0.1, 0.15) is 10.8 Å². The van der Waals surface area contributed by atoms with E-state index in [1.807, 2.05) is 17.5 Å². The van der Waals surface area contributed by atoms with Crippen LogP contribution < -0.4 is 5.73 Å². The van der Waals surface area contributed by atoms with Crippen LogP contribution in [-0.2, 0) is 9.84 Å². The lowest BCUT2D eigenvalue weighted by molar-refractivity contribution is 0.594. The van der Waals surface area contributed by atoms with Gasteiger partial charge in [-0.25, -0.2) is 8.42 Å². The van der Waals surface area contributed by atoms with Crippen LogP contribution in [0.3, 0.4) is 0 Å². The third kappa shape index (κ3) is 3.46. The molecule has 0 fully saturated rings. The Kier molecular flexibility index (Phi) is 3.47. The van der Waals surface area contributed by atoms with Gasteiger partial charge in [-0.3, -0.25) is 0 Å². The number of thiophene rings is 1. The van der Waals surface area contributed by atoms with Gasteiger partial charge in [0.25, 0.3) is 0 Å². The van der Waals surface area contributed by atoms with Crippen molar-refractivity contribution < 1.29 is 8.42 Å². The van der Waals surface area contributed by atoms with Gasteiger partial charge in [0.1, 0.15) is 9.84 Å². The molecule has 0 bridgehead atoms. The summed E-state index contributed by atoms with van der Waals surface area (Å²) in [5.41, 5.74) is 5.51. The molecule has 0 radical (unpaired) electrons. The summed E-state index contributed by atoms with van der Waals surface area (Å²) in [6.45, 7) is 0.383. The second-order valence-electron chi connectivity index (χ2n) is 3.04.